The zero-order chi connectivity index (χ0) is 76.9. The van der Waals surface area contributed by atoms with Crippen LogP contribution in [0.25, 0.3) is 0 Å². The molecule has 8 amide bonds. The largest absolute Gasteiger partial charge is 0.493 e. The molecule has 4 saturated carbocycles. The molecule has 8 N–H and O–H groups in total. The third kappa shape index (κ3) is 25.2. The second-order valence-electron chi connectivity index (χ2n) is 31.8. The van der Waals surface area contributed by atoms with Crippen molar-refractivity contribution in [1.29, 1.82) is 0 Å². The molecule has 4 aliphatic rings. The summed E-state index contributed by atoms with van der Waals surface area (Å²) >= 11 is 0. The molecule has 578 valence electrons. The highest BCUT2D eigenvalue weighted by atomic mass is 16.6. The number of hydrogen-bond acceptors (Lipinski definition) is 15. The van der Waals surface area contributed by atoms with Gasteiger partial charge in [0.05, 0.1) is 55.7 Å². The van der Waals surface area contributed by atoms with Gasteiger partial charge in [0.15, 0.2) is 0 Å². The Balaban J connectivity index is 0.855. The van der Waals surface area contributed by atoms with Gasteiger partial charge in [-0.2, -0.15) is 0 Å². The molecule has 0 heterocycles. The molecule has 0 radical (unpaired) electrons. The highest BCUT2D eigenvalue weighted by Gasteiger charge is 2.40. The molecular formula is C84H112N8O15. The minimum absolute atomic E-state index is 0.0627. The summed E-state index contributed by atoms with van der Waals surface area (Å²) < 4.78 is 35.8. The lowest BCUT2D eigenvalue weighted by Crippen LogP contribution is -2.44. The van der Waals surface area contributed by atoms with Gasteiger partial charge < -0.3 is 71.0 Å². The Bertz CT molecular complexity index is 3910. The van der Waals surface area contributed by atoms with Gasteiger partial charge in [0.25, 0.3) is 17.7 Å². The molecule has 4 aliphatic carbocycles. The van der Waals surface area contributed by atoms with Gasteiger partial charge in [0.1, 0.15) is 35.2 Å². The maximum atomic E-state index is 14.6. The highest BCUT2D eigenvalue weighted by Crippen LogP contribution is 2.36. The molecule has 0 aliphatic heterocycles. The minimum Gasteiger partial charge on any atom is -0.493 e. The van der Waals surface area contributed by atoms with E-state index in [-0.39, 0.29) is 52.5 Å². The SMILES string of the molecule is CC(C)CCOc1cc(NC(=O)[C@H]2CCC[C@@H]2NC(=O)OC(C)(C)C)cc(C(=O)N[C@H]2CCC[C@@H]2C(=O)Nc2cc(OCCC(C)C)cc(C(=O)N[C@H]3CCC[C@@H]3C(=O)Nc3cc(OCCC(C)C)cc(C(=O)N[C@H]4CCC[C@@H]4C(=O)Nc4cc(OCCC(C)C)cc(C(=O)OCc5ccccc5)c4)c3)c2)c1. The fourth-order valence-corrected chi connectivity index (χ4v) is 13.9. The van der Waals surface area contributed by atoms with Gasteiger partial charge in [0, 0.05) is 87.9 Å². The van der Waals surface area contributed by atoms with Crippen LogP contribution in [0, 0.1) is 47.3 Å². The van der Waals surface area contributed by atoms with Gasteiger partial charge in [0.2, 0.25) is 23.6 Å². The van der Waals surface area contributed by atoms with Crippen molar-refractivity contribution in [3.05, 3.63) is 131 Å². The summed E-state index contributed by atoms with van der Waals surface area (Å²) in [5.41, 5.74) is 2.24. The Morgan fingerprint density at radius 3 is 0.963 bits per heavy atom. The normalized spacial score (nSPS) is 19.7. The lowest BCUT2D eigenvalue weighted by atomic mass is 10.0. The minimum atomic E-state index is -0.712. The first-order chi connectivity index (χ1) is 51.1. The van der Waals surface area contributed by atoms with E-state index in [1.807, 2.05) is 30.3 Å². The molecular weight excluding hydrogens is 1360 g/mol. The summed E-state index contributed by atoms with van der Waals surface area (Å²) in [4.78, 5) is 127. The van der Waals surface area contributed by atoms with Gasteiger partial charge in [-0.1, -0.05) is 111 Å². The summed E-state index contributed by atoms with van der Waals surface area (Å²) in [5.74, 6) is -3.02. The summed E-state index contributed by atoms with van der Waals surface area (Å²) in [7, 11) is 0. The molecule has 23 nitrogen and oxygen atoms in total. The molecule has 0 bridgehead atoms. The lowest BCUT2D eigenvalue weighted by molar-refractivity contribution is -0.121. The third-order valence-electron chi connectivity index (χ3n) is 19.8. The van der Waals surface area contributed by atoms with Crippen LogP contribution in [0.5, 0.6) is 23.0 Å². The van der Waals surface area contributed by atoms with Gasteiger partial charge in [-0.3, -0.25) is 33.6 Å². The van der Waals surface area contributed by atoms with Crippen LogP contribution in [0.2, 0.25) is 0 Å². The van der Waals surface area contributed by atoms with Crippen LogP contribution in [0.15, 0.2) is 103 Å². The van der Waals surface area contributed by atoms with Gasteiger partial charge >= 0.3 is 12.1 Å². The van der Waals surface area contributed by atoms with Gasteiger partial charge in [-0.15, -0.1) is 0 Å². The van der Waals surface area contributed by atoms with E-state index in [1.54, 1.807) is 93.6 Å². The molecule has 4 fully saturated rings. The molecule has 23 heteroatoms. The molecule has 107 heavy (non-hydrogen) atoms. The maximum absolute atomic E-state index is 14.6. The summed E-state index contributed by atoms with van der Waals surface area (Å²) in [6.07, 6.45) is 9.17. The number of amides is 8. The average molecular weight is 1470 g/mol. The number of hydrogen-bond donors (Lipinski definition) is 8. The van der Waals surface area contributed by atoms with Crippen molar-refractivity contribution in [1.82, 2.24) is 21.3 Å². The maximum Gasteiger partial charge on any atom is 0.407 e. The number of carbonyl (C=O) groups excluding carboxylic acids is 9. The van der Waals surface area contributed by atoms with Gasteiger partial charge in [-0.05, 0) is 176 Å². The number of carbonyl (C=O) groups is 9. The monoisotopic (exact) mass is 1470 g/mol. The Kier molecular flexibility index (Phi) is 29.5. The van der Waals surface area contributed by atoms with E-state index < -0.39 is 83.2 Å². The van der Waals surface area contributed by atoms with Crippen LogP contribution in [0.4, 0.5) is 27.5 Å². The zero-order valence-electron chi connectivity index (χ0n) is 64.2. The van der Waals surface area contributed by atoms with E-state index in [9.17, 15) is 43.2 Å². The fourth-order valence-electron chi connectivity index (χ4n) is 13.9. The number of rotatable bonds is 34. The van der Waals surface area contributed by atoms with Crippen molar-refractivity contribution in [3.63, 3.8) is 0 Å². The molecule has 5 aromatic rings. The van der Waals surface area contributed by atoms with Crippen molar-refractivity contribution in [2.45, 2.75) is 215 Å². The van der Waals surface area contributed by atoms with Crippen LogP contribution < -0.4 is 61.5 Å². The first-order valence-electron chi connectivity index (χ1n) is 38.6. The van der Waals surface area contributed by atoms with E-state index in [4.69, 9.17) is 28.4 Å². The van der Waals surface area contributed by atoms with Crippen molar-refractivity contribution < 1.29 is 71.6 Å². The third-order valence-corrected chi connectivity index (χ3v) is 19.8. The molecule has 0 saturated heterocycles. The molecule has 5 aromatic carbocycles. The van der Waals surface area contributed by atoms with E-state index in [1.165, 1.54) is 0 Å². The molecule has 9 rings (SSSR count). The second-order valence-corrected chi connectivity index (χ2v) is 31.8. The van der Waals surface area contributed by atoms with Gasteiger partial charge in [-0.25, -0.2) is 9.59 Å². The highest BCUT2D eigenvalue weighted by molar-refractivity contribution is 6.03. The Labute approximate surface area is 630 Å². The fraction of sp³-hybridized carbons (Fsp3) is 0.536. The van der Waals surface area contributed by atoms with Crippen LogP contribution in [0.1, 0.15) is 226 Å². The number of nitrogens with one attached hydrogen (secondary N) is 8. The first-order valence-corrected chi connectivity index (χ1v) is 38.6. The van der Waals surface area contributed by atoms with Crippen LogP contribution in [0.3, 0.4) is 0 Å². The van der Waals surface area contributed by atoms with Crippen LogP contribution in [-0.2, 0) is 35.3 Å². The van der Waals surface area contributed by atoms with E-state index in [2.05, 4.69) is 97.9 Å². The molecule has 8 atom stereocenters. The molecule has 0 aromatic heterocycles. The van der Waals surface area contributed by atoms with Crippen molar-refractivity contribution in [2.75, 3.05) is 47.7 Å². The van der Waals surface area contributed by atoms with E-state index in [0.717, 1.165) is 37.7 Å². The lowest BCUT2D eigenvalue weighted by Gasteiger charge is -2.24. The Morgan fingerprint density at radius 2 is 0.664 bits per heavy atom. The number of benzene rings is 5. The Hall–Kier alpha value is -9.67. The second kappa shape index (κ2) is 38.7. The first kappa shape index (κ1) is 81.4. The van der Waals surface area contributed by atoms with Crippen molar-refractivity contribution in [2.24, 2.45) is 47.3 Å². The standard InChI is InChI=1S/C84H112N8O15/c1-50(2)29-33-102-63-41-55(37-59(45-63)85-79(97)68-22-16-26-72(68)90-77(95)57-39-61(47-65(43-57)104-35-31-52(5)6)87-81(99)70-24-18-28-74(70)92-83(101)107-84(9,10)11)75(93)89-71-25-15-21-67(71)78(96)86-60-38-56(42-64(46-60)103-34-30-51(3)4)76(94)91-73-27-17-23-69(73)80(98)88-62-40-58(44-66(48-62)105-36-32-53(7)8)82(100)106-49-54-19-13-12-14-20-54/h12-14,19-20,37-48,50-53,67-74H,15-18,21-36,49H2,1-11H3,(H,85,97)(H,86,96)(H,87,99)(H,88,98)(H,89,93)(H,90,95)(H,91,94)(H,92,101)/t67-,68-,69-,70-,71-,72-,73-,74-/m0/s1. The summed E-state index contributed by atoms with van der Waals surface area (Å²) in [6.45, 7) is 23.5. The molecule has 0 unspecified atom stereocenters. The summed E-state index contributed by atoms with van der Waals surface area (Å²) in [6, 6.07) is 26.6. The topological polar surface area (TPSA) is 305 Å². The van der Waals surface area contributed by atoms with E-state index in [0.29, 0.717) is 166 Å². The smallest absolute Gasteiger partial charge is 0.407 e. The number of ether oxygens (including phenoxy) is 6. The molecule has 0 spiro atoms. The number of alkyl carbamates (subject to hydrolysis) is 1. The van der Waals surface area contributed by atoms with Crippen LogP contribution in [-0.4, -0.2) is 110 Å². The predicted molar refractivity (Wildman–Crippen MR) is 412 cm³/mol. The predicted octanol–water partition coefficient (Wildman–Crippen LogP) is 15.0. The quantitative estimate of drug-likeness (QED) is 0.0178. The van der Waals surface area contributed by atoms with E-state index >= 15 is 0 Å². The number of anilines is 4. The zero-order valence-corrected chi connectivity index (χ0v) is 64.2. The van der Waals surface area contributed by atoms with Crippen molar-refractivity contribution in [3.8, 4) is 23.0 Å². The average Bonchev–Trinajstić information content (AvgIpc) is 1.81. The number of esters is 1. The summed E-state index contributed by atoms with van der Waals surface area (Å²) in [5, 5.41) is 24.3. The van der Waals surface area contributed by atoms with Crippen LogP contribution >= 0.6 is 0 Å². The Morgan fingerprint density at radius 1 is 0.374 bits per heavy atom. The van der Waals surface area contributed by atoms with Crippen molar-refractivity contribution >= 4 is 76.2 Å².